The average molecular weight is 509 g/mol. The highest BCUT2D eigenvalue weighted by Gasteiger charge is 2.45. The molecule has 2 atom stereocenters. The first-order valence-corrected chi connectivity index (χ1v) is 13.5. The molecule has 4 nitrogen and oxygen atoms in total. The van der Waals surface area contributed by atoms with Crippen LogP contribution in [0.4, 0.5) is 15.8 Å². The molecule has 0 unspecified atom stereocenters. The molecule has 0 saturated heterocycles. The van der Waals surface area contributed by atoms with Crippen molar-refractivity contribution in [1.82, 2.24) is 0 Å². The fourth-order valence-electron chi connectivity index (χ4n) is 5.81. The standard InChI is InChI=1S/C33H33FN2O2/c1-33(2,3)24-14-10-20(11-15-24)23-18-27-30(29(37)19-23)31(21-12-16-25(34)17-13-21)36(32(38)22-8-9-22)28-7-5-4-6-26(28)35-27/h4-7,10-17,22-23,31,35H,8-9,18-19H2,1-3H3/t23-,31+/m1/s1. The Labute approximate surface area is 223 Å². The van der Waals surface area contributed by atoms with Crippen LogP contribution in [0.5, 0.6) is 0 Å². The summed E-state index contributed by atoms with van der Waals surface area (Å²) < 4.78 is 13.9. The molecule has 3 aliphatic rings. The van der Waals surface area contributed by atoms with Gasteiger partial charge in [-0.15, -0.1) is 0 Å². The molecule has 1 fully saturated rings. The fraction of sp³-hybridized carbons (Fsp3) is 0.333. The maximum absolute atomic E-state index is 14.0. The van der Waals surface area contributed by atoms with E-state index in [0.717, 1.165) is 41.0 Å². The third kappa shape index (κ3) is 4.44. The van der Waals surface area contributed by atoms with Crippen LogP contribution in [0.1, 0.15) is 75.1 Å². The van der Waals surface area contributed by atoms with E-state index in [4.69, 9.17) is 0 Å². The smallest absolute Gasteiger partial charge is 0.231 e. The minimum Gasteiger partial charge on any atom is -0.357 e. The molecular weight excluding hydrogens is 475 g/mol. The second-order valence-corrected chi connectivity index (χ2v) is 11.9. The second-order valence-electron chi connectivity index (χ2n) is 11.9. The summed E-state index contributed by atoms with van der Waals surface area (Å²) in [5, 5.41) is 3.57. The minimum atomic E-state index is -0.605. The van der Waals surface area contributed by atoms with E-state index >= 15 is 0 Å². The first-order valence-electron chi connectivity index (χ1n) is 13.5. The number of hydrogen-bond donors (Lipinski definition) is 1. The van der Waals surface area contributed by atoms with Crippen molar-refractivity contribution >= 4 is 23.1 Å². The van der Waals surface area contributed by atoms with Crippen LogP contribution in [0.2, 0.25) is 0 Å². The highest BCUT2D eigenvalue weighted by atomic mass is 19.1. The number of hydrogen-bond acceptors (Lipinski definition) is 3. The predicted molar refractivity (Wildman–Crippen MR) is 149 cm³/mol. The highest BCUT2D eigenvalue weighted by Crippen LogP contribution is 2.49. The van der Waals surface area contributed by atoms with Crippen LogP contribution in [0.25, 0.3) is 0 Å². The monoisotopic (exact) mass is 508 g/mol. The molecule has 0 bridgehead atoms. The van der Waals surface area contributed by atoms with Gasteiger partial charge in [0.2, 0.25) is 5.91 Å². The maximum Gasteiger partial charge on any atom is 0.231 e. The van der Waals surface area contributed by atoms with Crippen LogP contribution < -0.4 is 10.2 Å². The van der Waals surface area contributed by atoms with Crippen LogP contribution in [-0.2, 0) is 15.0 Å². The lowest BCUT2D eigenvalue weighted by molar-refractivity contribution is -0.120. The number of rotatable bonds is 3. The molecule has 3 aromatic carbocycles. The second kappa shape index (κ2) is 9.23. The number of halogens is 1. The molecule has 0 radical (unpaired) electrons. The topological polar surface area (TPSA) is 49.4 Å². The number of carbonyl (C=O) groups is 2. The molecule has 1 aliphatic heterocycles. The summed E-state index contributed by atoms with van der Waals surface area (Å²) in [7, 11) is 0. The molecule has 0 spiro atoms. The quantitative estimate of drug-likeness (QED) is 0.400. The molecule has 3 aromatic rings. The van der Waals surface area contributed by atoms with Crippen molar-refractivity contribution in [3.05, 3.63) is 107 Å². The van der Waals surface area contributed by atoms with Gasteiger partial charge < -0.3 is 5.32 Å². The minimum absolute atomic E-state index is 0.0232. The van der Waals surface area contributed by atoms with Gasteiger partial charge in [0.1, 0.15) is 5.82 Å². The van der Waals surface area contributed by atoms with Gasteiger partial charge in [0, 0.05) is 23.6 Å². The first kappa shape index (κ1) is 24.6. The Kier molecular flexibility index (Phi) is 5.97. The van der Waals surface area contributed by atoms with Gasteiger partial charge >= 0.3 is 0 Å². The van der Waals surface area contributed by atoms with E-state index < -0.39 is 6.04 Å². The molecule has 2 aliphatic carbocycles. The summed E-state index contributed by atoms with van der Waals surface area (Å²) in [4.78, 5) is 29.6. The van der Waals surface area contributed by atoms with Gasteiger partial charge in [-0.3, -0.25) is 14.5 Å². The van der Waals surface area contributed by atoms with Crippen molar-refractivity contribution in [2.24, 2.45) is 5.92 Å². The van der Waals surface area contributed by atoms with Crippen LogP contribution in [0.3, 0.4) is 0 Å². The van der Waals surface area contributed by atoms with Crippen molar-refractivity contribution in [2.75, 3.05) is 10.2 Å². The average Bonchev–Trinajstić information content (AvgIpc) is 3.75. The zero-order valence-corrected chi connectivity index (χ0v) is 22.1. The Morgan fingerprint density at radius 2 is 1.55 bits per heavy atom. The fourth-order valence-corrected chi connectivity index (χ4v) is 5.81. The number of carbonyl (C=O) groups excluding carboxylic acids is 2. The van der Waals surface area contributed by atoms with Gasteiger partial charge in [-0.25, -0.2) is 4.39 Å². The number of ketones is 1. The number of nitrogens with zero attached hydrogens (tertiary/aromatic N) is 1. The predicted octanol–water partition coefficient (Wildman–Crippen LogP) is 7.43. The number of amides is 1. The number of anilines is 2. The van der Waals surface area contributed by atoms with Gasteiger partial charge in [-0.05, 0) is 71.6 Å². The summed E-state index contributed by atoms with van der Waals surface area (Å²) in [6.07, 6.45) is 2.74. The third-order valence-electron chi connectivity index (χ3n) is 8.09. The number of allylic oxidation sites excluding steroid dienone is 1. The van der Waals surface area contributed by atoms with Gasteiger partial charge in [0.05, 0.1) is 17.4 Å². The van der Waals surface area contributed by atoms with Crippen molar-refractivity contribution < 1.29 is 14.0 Å². The molecule has 1 heterocycles. The maximum atomic E-state index is 14.0. The molecule has 1 saturated carbocycles. The Morgan fingerprint density at radius 1 is 0.895 bits per heavy atom. The van der Waals surface area contributed by atoms with Crippen molar-refractivity contribution in [1.29, 1.82) is 0 Å². The third-order valence-corrected chi connectivity index (χ3v) is 8.09. The lowest BCUT2D eigenvalue weighted by Gasteiger charge is -2.35. The number of para-hydroxylation sites is 2. The number of benzene rings is 3. The van der Waals surface area contributed by atoms with Crippen molar-refractivity contribution in [3.8, 4) is 0 Å². The van der Waals surface area contributed by atoms with Gasteiger partial charge in [-0.2, -0.15) is 0 Å². The molecule has 0 aromatic heterocycles. The van der Waals surface area contributed by atoms with Gasteiger partial charge in [-0.1, -0.05) is 69.3 Å². The molecule has 38 heavy (non-hydrogen) atoms. The number of fused-ring (bicyclic) bond motifs is 1. The highest BCUT2D eigenvalue weighted by molar-refractivity contribution is 6.07. The van der Waals surface area contributed by atoms with E-state index in [9.17, 15) is 14.0 Å². The number of nitrogens with one attached hydrogen (secondary N) is 1. The zero-order valence-electron chi connectivity index (χ0n) is 22.1. The van der Waals surface area contributed by atoms with Crippen molar-refractivity contribution in [2.45, 2.75) is 63.8 Å². The Morgan fingerprint density at radius 3 is 2.21 bits per heavy atom. The summed E-state index contributed by atoms with van der Waals surface area (Å²) in [6, 6.07) is 22.0. The van der Waals surface area contributed by atoms with Gasteiger partial charge in [0.15, 0.2) is 5.78 Å². The van der Waals surface area contributed by atoms with Crippen LogP contribution in [0.15, 0.2) is 84.1 Å². The van der Waals surface area contributed by atoms with Gasteiger partial charge in [0.25, 0.3) is 0 Å². The summed E-state index contributed by atoms with van der Waals surface area (Å²) in [5.41, 5.74) is 6.23. The van der Waals surface area contributed by atoms with E-state index in [1.54, 1.807) is 17.0 Å². The molecule has 194 valence electrons. The van der Waals surface area contributed by atoms with Crippen LogP contribution in [0, 0.1) is 11.7 Å². The zero-order chi connectivity index (χ0) is 26.6. The summed E-state index contributed by atoms with van der Waals surface area (Å²) >= 11 is 0. The Bertz CT molecular complexity index is 1430. The van der Waals surface area contributed by atoms with Crippen LogP contribution >= 0.6 is 0 Å². The summed E-state index contributed by atoms with van der Waals surface area (Å²) in [5.74, 6) is -0.297. The van der Waals surface area contributed by atoms with E-state index in [-0.39, 0.29) is 34.8 Å². The largest absolute Gasteiger partial charge is 0.357 e. The number of Topliss-reactive ketones (excluding diaryl/α,β-unsaturated/α-hetero) is 1. The molecule has 1 N–H and O–H groups in total. The van der Waals surface area contributed by atoms with E-state index in [1.807, 2.05) is 24.3 Å². The normalized spacial score (nSPS) is 21.4. The van der Waals surface area contributed by atoms with E-state index in [1.165, 1.54) is 17.7 Å². The molecule has 6 rings (SSSR count). The Hall–Kier alpha value is -3.73. The lowest BCUT2D eigenvalue weighted by Crippen LogP contribution is -2.39. The van der Waals surface area contributed by atoms with Crippen molar-refractivity contribution in [3.63, 3.8) is 0 Å². The molecular formula is C33H33FN2O2. The van der Waals surface area contributed by atoms with Crippen LogP contribution in [-0.4, -0.2) is 11.7 Å². The van der Waals surface area contributed by atoms with E-state index in [0.29, 0.717) is 18.4 Å². The SMILES string of the molecule is CC(C)(C)c1ccc([C@H]2CC(=O)C3=C(C2)Nc2ccccc2N(C(=O)C2CC2)[C@H]3c2ccc(F)cc2)cc1. The summed E-state index contributed by atoms with van der Waals surface area (Å²) in [6.45, 7) is 6.58. The Balaban J connectivity index is 1.47. The van der Waals surface area contributed by atoms with E-state index in [2.05, 4.69) is 50.4 Å². The molecule has 1 amide bonds. The first-order chi connectivity index (χ1) is 18.2. The molecule has 5 heteroatoms. The lowest BCUT2D eigenvalue weighted by atomic mass is 9.77.